The summed E-state index contributed by atoms with van der Waals surface area (Å²) in [5, 5.41) is 1.29. The highest BCUT2D eigenvalue weighted by Crippen LogP contribution is 2.30. The first-order valence-corrected chi connectivity index (χ1v) is 5.60. The van der Waals surface area contributed by atoms with E-state index in [2.05, 4.69) is 0 Å². The molecule has 0 radical (unpaired) electrons. The molecule has 0 fully saturated rings. The first-order chi connectivity index (χ1) is 7.65. The van der Waals surface area contributed by atoms with E-state index in [0.717, 1.165) is 11.3 Å². The predicted octanol–water partition coefficient (Wildman–Crippen LogP) is 5.09. The minimum Gasteiger partial charge on any atom is -0.456 e. The number of hydrogen-bond donors (Lipinski definition) is 0. The second-order valence-electron chi connectivity index (χ2n) is 3.49. The normalized spacial score (nSPS) is 10.2. The summed E-state index contributed by atoms with van der Waals surface area (Å²) in [5.41, 5.74) is 1.11. The average molecular weight is 253 g/mol. The van der Waals surface area contributed by atoms with Crippen LogP contribution >= 0.6 is 23.2 Å². The van der Waals surface area contributed by atoms with Gasteiger partial charge in [-0.1, -0.05) is 29.3 Å². The molecule has 0 saturated carbocycles. The van der Waals surface area contributed by atoms with Crippen LogP contribution in [0.25, 0.3) is 0 Å². The monoisotopic (exact) mass is 252 g/mol. The number of aryl methyl sites for hydroxylation is 1. The molecule has 2 aromatic carbocycles. The quantitative estimate of drug-likeness (QED) is 0.723. The fraction of sp³-hybridized carbons (Fsp3) is 0.0769. The van der Waals surface area contributed by atoms with E-state index in [1.54, 1.807) is 24.3 Å². The van der Waals surface area contributed by atoms with Crippen molar-refractivity contribution >= 4 is 23.2 Å². The van der Waals surface area contributed by atoms with Crippen molar-refractivity contribution in [3.8, 4) is 11.5 Å². The van der Waals surface area contributed by atoms with Gasteiger partial charge in [-0.25, -0.2) is 0 Å². The highest BCUT2D eigenvalue weighted by Gasteiger charge is 2.02. The molecule has 0 saturated heterocycles. The van der Waals surface area contributed by atoms with Crippen LogP contribution in [0.15, 0.2) is 42.5 Å². The standard InChI is InChI=1S/C13H10Cl2O/c1-9-2-7-13(12(15)8-9)16-11-5-3-10(14)4-6-11/h2-8H,1H3. The smallest absolute Gasteiger partial charge is 0.146 e. The van der Waals surface area contributed by atoms with Crippen molar-refractivity contribution in [3.05, 3.63) is 58.1 Å². The summed E-state index contributed by atoms with van der Waals surface area (Å²) < 4.78 is 5.63. The molecule has 0 aliphatic carbocycles. The number of benzene rings is 2. The van der Waals surface area contributed by atoms with Crippen LogP contribution in [-0.4, -0.2) is 0 Å². The van der Waals surface area contributed by atoms with Gasteiger partial charge in [-0.3, -0.25) is 0 Å². The van der Waals surface area contributed by atoms with Gasteiger partial charge in [-0.15, -0.1) is 0 Å². The molecule has 0 amide bonds. The lowest BCUT2D eigenvalue weighted by Crippen LogP contribution is -1.85. The second-order valence-corrected chi connectivity index (χ2v) is 4.33. The fourth-order valence-electron chi connectivity index (χ4n) is 1.32. The number of ether oxygens (including phenoxy) is 1. The highest BCUT2D eigenvalue weighted by molar-refractivity contribution is 6.32. The van der Waals surface area contributed by atoms with Gasteiger partial charge in [-0.05, 0) is 48.9 Å². The van der Waals surface area contributed by atoms with E-state index in [0.29, 0.717) is 15.8 Å². The van der Waals surface area contributed by atoms with Crippen LogP contribution in [0.2, 0.25) is 10.0 Å². The van der Waals surface area contributed by atoms with Gasteiger partial charge in [0.25, 0.3) is 0 Å². The Morgan fingerprint density at radius 2 is 1.62 bits per heavy atom. The van der Waals surface area contributed by atoms with E-state index in [-0.39, 0.29) is 0 Å². The zero-order valence-electron chi connectivity index (χ0n) is 8.71. The van der Waals surface area contributed by atoms with Crippen molar-refractivity contribution < 1.29 is 4.74 Å². The fourth-order valence-corrected chi connectivity index (χ4v) is 1.72. The molecule has 2 rings (SSSR count). The van der Waals surface area contributed by atoms with Gasteiger partial charge >= 0.3 is 0 Å². The van der Waals surface area contributed by atoms with Gasteiger partial charge in [-0.2, -0.15) is 0 Å². The maximum Gasteiger partial charge on any atom is 0.146 e. The van der Waals surface area contributed by atoms with Crippen LogP contribution in [0.5, 0.6) is 11.5 Å². The molecule has 3 heteroatoms. The molecule has 82 valence electrons. The molecule has 0 bridgehead atoms. The molecule has 0 aliphatic heterocycles. The third-order valence-electron chi connectivity index (χ3n) is 2.13. The van der Waals surface area contributed by atoms with Gasteiger partial charge < -0.3 is 4.74 Å². The van der Waals surface area contributed by atoms with E-state index in [4.69, 9.17) is 27.9 Å². The molecule has 0 N–H and O–H groups in total. The zero-order valence-corrected chi connectivity index (χ0v) is 10.2. The van der Waals surface area contributed by atoms with Crippen LogP contribution in [-0.2, 0) is 0 Å². The van der Waals surface area contributed by atoms with Crippen molar-refractivity contribution in [1.29, 1.82) is 0 Å². The summed E-state index contributed by atoms with van der Waals surface area (Å²) in [6.07, 6.45) is 0. The Kier molecular flexibility index (Phi) is 3.37. The molecule has 2 aromatic rings. The number of halogens is 2. The third kappa shape index (κ3) is 2.69. The van der Waals surface area contributed by atoms with Crippen LogP contribution in [0.3, 0.4) is 0 Å². The Balaban J connectivity index is 2.23. The largest absolute Gasteiger partial charge is 0.456 e. The van der Waals surface area contributed by atoms with Crippen LogP contribution in [0, 0.1) is 6.92 Å². The summed E-state index contributed by atoms with van der Waals surface area (Å²) in [4.78, 5) is 0. The van der Waals surface area contributed by atoms with Gasteiger partial charge in [0.1, 0.15) is 11.5 Å². The van der Waals surface area contributed by atoms with Gasteiger partial charge in [0, 0.05) is 5.02 Å². The molecular formula is C13H10Cl2O. The van der Waals surface area contributed by atoms with E-state index >= 15 is 0 Å². The summed E-state index contributed by atoms with van der Waals surface area (Å²) >= 11 is 11.8. The predicted molar refractivity (Wildman–Crippen MR) is 67.7 cm³/mol. The molecular weight excluding hydrogens is 243 g/mol. The summed E-state index contributed by atoms with van der Waals surface area (Å²) in [6, 6.07) is 12.8. The first-order valence-electron chi connectivity index (χ1n) is 4.85. The topological polar surface area (TPSA) is 9.23 Å². The Bertz CT molecular complexity index is 492. The number of rotatable bonds is 2. The van der Waals surface area contributed by atoms with Gasteiger partial charge in [0.15, 0.2) is 0 Å². The average Bonchev–Trinajstić information content (AvgIpc) is 2.25. The molecule has 16 heavy (non-hydrogen) atoms. The maximum atomic E-state index is 6.06. The van der Waals surface area contributed by atoms with E-state index in [1.165, 1.54) is 0 Å². The lowest BCUT2D eigenvalue weighted by molar-refractivity contribution is 0.483. The lowest BCUT2D eigenvalue weighted by atomic mass is 10.2. The minimum atomic E-state index is 0.606. The molecule has 1 nitrogen and oxygen atoms in total. The van der Waals surface area contributed by atoms with Crippen molar-refractivity contribution in [1.82, 2.24) is 0 Å². The Morgan fingerprint density at radius 1 is 0.938 bits per heavy atom. The molecule has 0 heterocycles. The highest BCUT2D eigenvalue weighted by atomic mass is 35.5. The molecule has 0 aromatic heterocycles. The molecule has 0 atom stereocenters. The van der Waals surface area contributed by atoms with Crippen molar-refractivity contribution in [3.63, 3.8) is 0 Å². The number of hydrogen-bond acceptors (Lipinski definition) is 1. The van der Waals surface area contributed by atoms with Crippen molar-refractivity contribution in [2.45, 2.75) is 6.92 Å². The van der Waals surface area contributed by atoms with E-state index in [1.807, 2.05) is 25.1 Å². The zero-order chi connectivity index (χ0) is 11.5. The van der Waals surface area contributed by atoms with Gasteiger partial charge in [0.05, 0.1) is 5.02 Å². The van der Waals surface area contributed by atoms with E-state index in [9.17, 15) is 0 Å². The lowest BCUT2D eigenvalue weighted by Gasteiger charge is -2.07. The Morgan fingerprint density at radius 3 is 2.25 bits per heavy atom. The SMILES string of the molecule is Cc1ccc(Oc2ccc(Cl)cc2)c(Cl)c1. The van der Waals surface area contributed by atoms with E-state index < -0.39 is 0 Å². The molecule has 0 spiro atoms. The van der Waals surface area contributed by atoms with Crippen LogP contribution in [0.1, 0.15) is 5.56 Å². The summed E-state index contributed by atoms with van der Waals surface area (Å²) in [6.45, 7) is 1.98. The van der Waals surface area contributed by atoms with Crippen molar-refractivity contribution in [2.75, 3.05) is 0 Å². The maximum absolute atomic E-state index is 6.06. The third-order valence-corrected chi connectivity index (χ3v) is 2.68. The Hall–Kier alpha value is -1.18. The Labute approximate surface area is 105 Å². The summed E-state index contributed by atoms with van der Waals surface area (Å²) in [5.74, 6) is 1.37. The van der Waals surface area contributed by atoms with Crippen LogP contribution < -0.4 is 4.74 Å². The second kappa shape index (κ2) is 4.77. The van der Waals surface area contributed by atoms with Crippen LogP contribution in [0.4, 0.5) is 0 Å². The minimum absolute atomic E-state index is 0.606. The first kappa shape index (κ1) is 11.3. The molecule has 0 unspecified atom stereocenters. The summed E-state index contributed by atoms with van der Waals surface area (Å²) in [7, 11) is 0. The molecule has 0 aliphatic rings. The van der Waals surface area contributed by atoms with Gasteiger partial charge in [0.2, 0.25) is 0 Å². The van der Waals surface area contributed by atoms with Crippen molar-refractivity contribution in [2.24, 2.45) is 0 Å².